The van der Waals surface area contributed by atoms with Crippen LogP contribution in [0.25, 0.3) is 10.2 Å². The number of fused-ring (bicyclic) bond motifs is 1. The molecule has 0 fully saturated rings. The molecule has 102 valence electrons. The van der Waals surface area contributed by atoms with Crippen LogP contribution in [0.2, 0.25) is 0 Å². The van der Waals surface area contributed by atoms with Crippen LogP contribution < -0.4 is 5.32 Å². The van der Waals surface area contributed by atoms with Gasteiger partial charge in [0.1, 0.15) is 0 Å². The number of pyridine rings is 1. The Balaban J connectivity index is 1.86. The molecule has 20 heavy (non-hydrogen) atoms. The van der Waals surface area contributed by atoms with Crippen molar-refractivity contribution in [3.05, 3.63) is 59.1 Å². The second-order valence-corrected chi connectivity index (χ2v) is 5.90. The van der Waals surface area contributed by atoms with Crippen LogP contribution in [0.5, 0.6) is 0 Å². The SMILES string of the molecule is CCc1ccccc1NC(C)c1cnc2ccsc2c1. The van der Waals surface area contributed by atoms with Gasteiger partial charge in [0.15, 0.2) is 0 Å². The maximum atomic E-state index is 4.52. The van der Waals surface area contributed by atoms with Crippen molar-refractivity contribution in [3.63, 3.8) is 0 Å². The molecule has 1 aromatic carbocycles. The number of anilines is 1. The molecule has 0 radical (unpaired) electrons. The van der Waals surface area contributed by atoms with Gasteiger partial charge in [-0.15, -0.1) is 11.3 Å². The molecule has 1 atom stereocenters. The smallest absolute Gasteiger partial charge is 0.0809 e. The summed E-state index contributed by atoms with van der Waals surface area (Å²) in [6, 6.07) is 13.0. The summed E-state index contributed by atoms with van der Waals surface area (Å²) in [6.07, 6.45) is 3.01. The van der Waals surface area contributed by atoms with E-state index in [0.29, 0.717) is 0 Å². The lowest BCUT2D eigenvalue weighted by Crippen LogP contribution is -2.08. The molecule has 0 amide bonds. The lowest BCUT2D eigenvalue weighted by molar-refractivity contribution is 0.875. The molecule has 2 nitrogen and oxygen atoms in total. The molecule has 0 saturated heterocycles. The summed E-state index contributed by atoms with van der Waals surface area (Å²) in [5, 5.41) is 5.69. The quantitative estimate of drug-likeness (QED) is 0.725. The van der Waals surface area contributed by atoms with Crippen molar-refractivity contribution in [3.8, 4) is 0 Å². The van der Waals surface area contributed by atoms with Crippen molar-refractivity contribution < 1.29 is 0 Å². The molecule has 0 saturated carbocycles. The summed E-state index contributed by atoms with van der Waals surface area (Å²) < 4.78 is 1.25. The van der Waals surface area contributed by atoms with Crippen LogP contribution in [-0.4, -0.2) is 4.98 Å². The molecule has 1 N–H and O–H groups in total. The van der Waals surface area contributed by atoms with Crippen LogP contribution in [0.3, 0.4) is 0 Å². The first-order valence-electron chi connectivity index (χ1n) is 6.95. The molecule has 3 rings (SSSR count). The normalized spacial score (nSPS) is 12.5. The van der Waals surface area contributed by atoms with E-state index in [9.17, 15) is 0 Å². The van der Waals surface area contributed by atoms with Gasteiger partial charge in [0, 0.05) is 11.9 Å². The van der Waals surface area contributed by atoms with Crippen LogP contribution in [-0.2, 0) is 6.42 Å². The summed E-state index contributed by atoms with van der Waals surface area (Å²) >= 11 is 1.74. The lowest BCUT2D eigenvalue weighted by atomic mass is 10.1. The number of aromatic nitrogens is 1. The van der Waals surface area contributed by atoms with Crippen molar-refractivity contribution in [2.24, 2.45) is 0 Å². The van der Waals surface area contributed by atoms with Gasteiger partial charge in [0.25, 0.3) is 0 Å². The zero-order valence-electron chi connectivity index (χ0n) is 11.8. The first-order chi connectivity index (χ1) is 9.78. The standard InChI is InChI=1S/C17H18N2S/c1-3-13-6-4-5-7-15(13)19-12(2)14-10-17-16(18-11-14)8-9-20-17/h4-12,19H,3H2,1-2H3. The molecule has 0 aliphatic rings. The third kappa shape index (κ3) is 2.54. The van der Waals surface area contributed by atoms with Gasteiger partial charge in [0.05, 0.1) is 16.3 Å². The van der Waals surface area contributed by atoms with Crippen molar-refractivity contribution in [2.75, 3.05) is 5.32 Å². The second-order valence-electron chi connectivity index (χ2n) is 4.95. The monoisotopic (exact) mass is 282 g/mol. The minimum atomic E-state index is 0.252. The molecule has 3 heteroatoms. The lowest BCUT2D eigenvalue weighted by Gasteiger charge is -2.18. The predicted molar refractivity (Wildman–Crippen MR) is 87.5 cm³/mol. The van der Waals surface area contributed by atoms with Gasteiger partial charge in [0.2, 0.25) is 0 Å². The molecular weight excluding hydrogens is 264 g/mol. The number of nitrogens with zero attached hydrogens (tertiary/aromatic N) is 1. The number of nitrogens with one attached hydrogen (secondary N) is 1. The Bertz CT molecular complexity index is 718. The van der Waals surface area contributed by atoms with Crippen molar-refractivity contribution in [1.29, 1.82) is 0 Å². The highest BCUT2D eigenvalue weighted by atomic mass is 32.1. The van der Waals surface area contributed by atoms with E-state index in [1.54, 1.807) is 11.3 Å². The van der Waals surface area contributed by atoms with E-state index in [1.807, 2.05) is 6.20 Å². The summed E-state index contributed by atoms with van der Waals surface area (Å²) in [5.74, 6) is 0. The van der Waals surface area contributed by atoms with Gasteiger partial charge in [-0.1, -0.05) is 25.1 Å². The van der Waals surface area contributed by atoms with E-state index in [0.717, 1.165) is 11.9 Å². The van der Waals surface area contributed by atoms with Gasteiger partial charge >= 0.3 is 0 Å². The zero-order valence-corrected chi connectivity index (χ0v) is 12.6. The topological polar surface area (TPSA) is 24.9 Å². The van der Waals surface area contributed by atoms with E-state index in [1.165, 1.54) is 21.5 Å². The van der Waals surface area contributed by atoms with E-state index in [2.05, 4.69) is 65.9 Å². The largest absolute Gasteiger partial charge is 0.378 e. The number of benzene rings is 1. The average Bonchev–Trinajstić information content (AvgIpc) is 2.95. The van der Waals surface area contributed by atoms with Crippen LogP contribution in [0.4, 0.5) is 5.69 Å². The number of rotatable bonds is 4. The molecule has 0 spiro atoms. The Kier molecular flexibility index (Phi) is 3.70. The highest BCUT2D eigenvalue weighted by Gasteiger charge is 2.09. The Morgan fingerprint density at radius 2 is 2.10 bits per heavy atom. The highest BCUT2D eigenvalue weighted by Crippen LogP contribution is 2.26. The van der Waals surface area contributed by atoms with Gasteiger partial charge in [-0.25, -0.2) is 0 Å². The molecule has 0 aliphatic heterocycles. The third-order valence-corrected chi connectivity index (χ3v) is 4.45. The van der Waals surface area contributed by atoms with Crippen LogP contribution in [0.15, 0.2) is 48.0 Å². The molecule has 3 aromatic rings. The number of aryl methyl sites for hydroxylation is 1. The molecular formula is C17H18N2S. The molecule has 2 aromatic heterocycles. The minimum absolute atomic E-state index is 0.252. The highest BCUT2D eigenvalue weighted by molar-refractivity contribution is 7.17. The fraction of sp³-hybridized carbons (Fsp3) is 0.235. The summed E-state index contributed by atoms with van der Waals surface area (Å²) in [6.45, 7) is 4.37. The van der Waals surface area contributed by atoms with Crippen molar-refractivity contribution >= 4 is 27.2 Å². The van der Waals surface area contributed by atoms with Crippen LogP contribution >= 0.6 is 11.3 Å². The zero-order chi connectivity index (χ0) is 13.9. The number of hydrogen-bond acceptors (Lipinski definition) is 3. The van der Waals surface area contributed by atoms with E-state index < -0.39 is 0 Å². The fourth-order valence-electron chi connectivity index (χ4n) is 2.38. The molecule has 0 bridgehead atoms. The number of thiophene rings is 1. The second kappa shape index (κ2) is 5.63. The minimum Gasteiger partial charge on any atom is -0.378 e. The van der Waals surface area contributed by atoms with Gasteiger partial charge < -0.3 is 5.32 Å². The third-order valence-electron chi connectivity index (χ3n) is 3.59. The van der Waals surface area contributed by atoms with Crippen LogP contribution in [0.1, 0.15) is 31.0 Å². The summed E-state index contributed by atoms with van der Waals surface area (Å²) in [4.78, 5) is 4.52. The Hall–Kier alpha value is -1.87. The maximum absolute atomic E-state index is 4.52. The Morgan fingerprint density at radius 3 is 2.95 bits per heavy atom. The van der Waals surface area contributed by atoms with Crippen LogP contribution in [0, 0.1) is 0 Å². The molecule has 0 aliphatic carbocycles. The summed E-state index contributed by atoms with van der Waals surface area (Å²) in [5.41, 5.74) is 4.88. The van der Waals surface area contributed by atoms with E-state index in [4.69, 9.17) is 0 Å². The number of para-hydroxylation sites is 1. The first kappa shape index (κ1) is 13.1. The van der Waals surface area contributed by atoms with E-state index in [-0.39, 0.29) is 6.04 Å². The van der Waals surface area contributed by atoms with Gasteiger partial charge in [-0.3, -0.25) is 4.98 Å². The molecule has 2 heterocycles. The Morgan fingerprint density at radius 1 is 1.25 bits per heavy atom. The number of hydrogen-bond donors (Lipinski definition) is 1. The van der Waals surface area contributed by atoms with Crippen molar-refractivity contribution in [1.82, 2.24) is 4.98 Å². The molecule has 1 unspecified atom stereocenters. The fourth-order valence-corrected chi connectivity index (χ4v) is 3.17. The first-order valence-corrected chi connectivity index (χ1v) is 7.83. The summed E-state index contributed by atoms with van der Waals surface area (Å²) in [7, 11) is 0. The van der Waals surface area contributed by atoms with E-state index >= 15 is 0 Å². The predicted octanol–water partition coefficient (Wildman–Crippen LogP) is 5.03. The average molecular weight is 282 g/mol. The van der Waals surface area contributed by atoms with Gasteiger partial charge in [-0.2, -0.15) is 0 Å². The van der Waals surface area contributed by atoms with Gasteiger partial charge in [-0.05, 0) is 48.1 Å². The maximum Gasteiger partial charge on any atom is 0.0809 e. The van der Waals surface area contributed by atoms with Crippen molar-refractivity contribution in [2.45, 2.75) is 26.3 Å². The Labute approximate surface area is 123 Å².